The zero-order valence-corrected chi connectivity index (χ0v) is 21.0. The van der Waals surface area contributed by atoms with Crippen LogP contribution in [0.2, 0.25) is 0 Å². The standard InChI is InChI=1S/C26H21FN2O5S2/c1-32-20-10-6-18(7-11-20)24(30)28-29-25(31)23(36-26(29)35)14-17-5-12-21(22(13-17)33-2)34-15-16-3-8-19(27)9-4-16/h3-14H,15H2,1-2H3,(H,28,30)/b23-14-. The average Bonchev–Trinajstić information content (AvgIpc) is 3.15. The molecule has 184 valence electrons. The van der Waals surface area contributed by atoms with E-state index in [1.54, 1.807) is 60.7 Å². The molecule has 1 fully saturated rings. The maximum absolute atomic E-state index is 13.1. The average molecular weight is 525 g/mol. The van der Waals surface area contributed by atoms with Crippen molar-refractivity contribution in [2.24, 2.45) is 0 Å². The van der Waals surface area contributed by atoms with E-state index in [1.165, 1.54) is 26.4 Å². The highest BCUT2D eigenvalue weighted by atomic mass is 32.2. The molecule has 0 unspecified atom stereocenters. The summed E-state index contributed by atoms with van der Waals surface area (Å²) in [6, 6.07) is 17.7. The van der Waals surface area contributed by atoms with Crippen LogP contribution < -0.4 is 19.6 Å². The van der Waals surface area contributed by atoms with Gasteiger partial charge in [-0.15, -0.1) is 0 Å². The highest BCUT2D eigenvalue weighted by Gasteiger charge is 2.33. The molecule has 1 aliphatic rings. The Morgan fingerprint density at radius 2 is 1.75 bits per heavy atom. The van der Waals surface area contributed by atoms with Crippen molar-refractivity contribution < 1.29 is 28.2 Å². The van der Waals surface area contributed by atoms with Crippen LogP contribution in [0.25, 0.3) is 6.08 Å². The first-order valence-corrected chi connectivity index (χ1v) is 11.9. The van der Waals surface area contributed by atoms with Crippen LogP contribution in [0.15, 0.2) is 71.6 Å². The molecule has 0 aliphatic carbocycles. The Morgan fingerprint density at radius 3 is 2.42 bits per heavy atom. The van der Waals surface area contributed by atoms with Crippen molar-refractivity contribution in [3.63, 3.8) is 0 Å². The minimum atomic E-state index is -0.473. The predicted octanol–water partition coefficient (Wildman–Crippen LogP) is 4.97. The minimum Gasteiger partial charge on any atom is -0.497 e. The molecule has 36 heavy (non-hydrogen) atoms. The Morgan fingerprint density at radius 1 is 1.03 bits per heavy atom. The van der Waals surface area contributed by atoms with E-state index in [0.717, 1.165) is 22.3 Å². The highest BCUT2D eigenvalue weighted by molar-refractivity contribution is 8.26. The van der Waals surface area contributed by atoms with Gasteiger partial charge in [0.05, 0.1) is 19.1 Å². The lowest BCUT2D eigenvalue weighted by Gasteiger charge is -2.15. The van der Waals surface area contributed by atoms with Gasteiger partial charge in [0.25, 0.3) is 11.8 Å². The van der Waals surface area contributed by atoms with Gasteiger partial charge in [0.15, 0.2) is 15.8 Å². The number of amides is 2. The number of hydrogen-bond acceptors (Lipinski definition) is 7. The SMILES string of the molecule is COc1ccc(C(=O)NN2C(=O)/C(=C/c3ccc(OCc4ccc(F)cc4)c(OC)c3)SC2=S)cc1. The molecule has 3 aromatic rings. The van der Waals surface area contributed by atoms with Gasteiger partial charge in [-0.1, -0.05) is 30.0 Å². The fourth-order valence-electron chi connectivity index (χ4n) is 3.26. The van der Waals surface area contributed by atoms with Gasteiger partial charge in [0, 0.05) is 5.56 Å². The van der Waals surface area contributed by atoms with Crippen LogP contribution in [0.5, 0.6) is 17.2 Å². The van der Waals surface area contributed by atoms with Gasteiger partial charge in [0.1, 0.15) is 18.2 Å². The molecule has 10 heteroatoms. The number of ether oxygens (including phenoxy) is 3. The first kappa shape index (κ1) is 25.2. The van der Waals surface area contributed by atoms with Crippen molar-refractivity contribution in [1.82, 2.24) is 10.4 Å². The van der Waals surface area contributed by atoms with E-state index in [4.69, 9.17) is 26.4 Å². The van der Waals surface area contributed by atoms with Crippen molar-refractivity contribution >= 4 is 46.2 Å². The smallest absolute Gasteiger partial charge is 0.285 e. The number of hydrogen-bond donors (Lipinski definition) is 1. The number of halogens is 1. The van der Waals surface area contributed by atoms with E-state index in [-0.39, 0.29) is 16.7 Å². The lowest BCUT2D eigenvalue weighted by atomic mass is 10.2. The Labute approximate surface area is 216 Å². The van der Waals surface area contributed by atoms with E-state index < -0.39 is 11.8 Å². The summed E-state index contributed by atoms with van der Waals surface area (Å²) in [5.41, 5.74) is 4.40. The third-order valence-corrected chi connectivity index (χ3v) is 6.45. The number of benzene rings is 3. The number of carbonyl (C=O) groups excluding carboxylic acids is 2. The molecule has 0 radical (unpaired) electrons. The van der Waals surface area contributed by atoms with E-state index in [2.05, 4.69) is 5.43 Å². The maximum atomic E-state index is 13.1. The fraction of sp³-hybridized carbons (Fsp3) is 0.115. The van der Waals surface area contributed by atoms with Crippen LogP contribution in [-0.4, -0.2) is 35.4 Å². The predicted molar refractivity (Wildman–Crippen MR) is 139 cm³/mol. The molecule has 2 amide bonds. The summed E-state index contributed by atoms with van der Waals surface area (Å²) in [5.74, 6) is 0.350. The van der Waals surface area contributed by atoms with Crippen LogP contribution >= 0.6 is 24.0 Å². The van der Waals surface area contributed by atoms with Crippen molar-refractivity contribution in [2.45, 2.75) is 6.61 Å². The molecule has 0 spiro atoms. The largest absolute Gasteiger partial charge is 0.497 e. The van der Waals surface area contributed by atoms with E-state index in [0.29, 0.717) is 33.3 Å². The monoisotopic (exact) mass is 524 g/mol. The molecule has 7 nitrogen and oxygen atoms in total. The summed E-state index contributed by atoms with van der Waals surface area (Å²) in [5, 5.41) is 1.05. The third kappa shape index (κ3) is 5.84. The number of methoxy groups -OCH3 is 2. The molecule has 4 rings (SSSR count). The highest BCUT2D eigenvalue weighted by Crippen LogP contribution is 2.34. The molecular weight excluding hydrogens is 503 g/mol. The Balaban J connectivity index is 1.45. The van der Waals surface area contributed by atoms with Gasteiger partial charge in [-0.25, -0.2) is 4.39 Å². The van der Waals surface area contributed by atoms with E-state index in [1.807, 2.05) is 0 Å². The second kappa shape index (κ2) is 11.2. The quantitative estimate of drug-likeness (QED) is 0.329. The summed E-state index contributed by atoms with van der Waals surface area (Å²) >= 11 is 6.38. The van der Waals surface area contributed by atoms with Crippen molar-refractivity contribution in [3.8, 4) is 17.2 Å². The van der Waals surface area contributed by atoms with E-state index in [9.17, 15) is 14.0 Å². The molecule has 1 aliphatic heterocycles. The van der Waals surface area contributed by atoms with Crippen LogP contribution in [-0.2, 0) is 11.4 Å². The zero-order chi connectivity index (χ0) is 25.7. The Kier molecular flexibility index (Phi) is 7.87. The summed E-state index contributed by atoms with van der Waals surface area (Å²) in [4.78, 5) is 25.8. The van der Waals surface area contributed by atoms with Gasteiger partial charge in [-0.05, 0) is 78.0 Å². The second-order valence-electron chi connectivity index (χ2n) is 7.51. The van der Waals surface area contributed by atoms with Crippen molar-refractivity contribution in [2.75, 3.05) is 14.2 Å². The number of thiocarbonyl (C=S) groups is 1. The fourth-order valence-corrected chi connectivity index (χ4v) is 4.44. The van der Waals surface area contributed by atoms with Crippen LogP contribution in [0.4, 0.5) is 4.39 Å². The molecule has 3 aromatic carbocycles. The summed E-state index contributed by atoms with van der Waals surface area (Å²) in [6.45, 7) is 0.239. The summed E-state index contributed by atoms with van der Waals surface area (Å²) in [6.07, 6.45) is 1.66. The van der Waals surface area contributed by atoms with Crippen molar-refractivity contribution in [3.05, 3.63) is 94.1 Å². The minimum absolute atomic E-state index is 0.208. The number of thioether (sulfide) groups is 1. The summed E-state index contributed by atoms with van der Waals surface area (Å²) in [7, 11) is 3.05. The lowest BCUT2D eigenvalue weighted by molar-refractivity contribution is -0.123. The Bertz CT molecular complexity index is 1330. The summed E-state index contributed by atoms with van der Waals surface area (Å²) < 4.78 is 29.6. The number of rotatable bonds is 8. The van der Waals surface area contributed by atoms with Gasteiger partial charge in [-0.3, -0.25) is 15.0 Å². The topological polar surface area (TPSA) is 77.1 Å². The van der Waals surface area contributed by atoms with Gasteiger partial charge in [0.2, 0.25) is 0 Å². The molecule has 1 N–H and O–H groups in total. The first-order valence-electron chi connectivity index (χ1n) is 10.7. The molecule has 0 saturated carbocycles. The van der Waals surface area contributed by atoms with Gasteiger partial charge < -0.3 is 14.2 Å². The molecule has 1 saturated heterocycles. The Hall–Kier alpha value is -3.89. The van der Waals surface area contributed by atoms with Crippen LogP contribution in [0.1, 0.15) is 21.5 Å². The lowest BCUT2D eigenvalue weighted by Crippen LogP contribution is -2.44. The number of carbonyl (C=O) groups is 2. The van der Waals surface area contributed by atoms with E-state index >= 15 is 0 Å². The van der Waals surface area contributed by atoms with Gasteiger partial charge in [-0.2, -0.15) is 5.01 Å². The molecule has 0 bridgehead atoms. The molecule has 0 atom stereocenters. The molecule has 0 aromatic heterocycles. The van der Waals surface area contributed by atoms with Crippen molar-refractivity contribution in [1.29, 1.82) is 0 Å². The number of nitrogens with zero attached hydrogens (tertiary/aromatic N) is 1. The molecular formula is C26H21FN2O5S2. The zero-order valence-electron chi connectivity index (χ0n) is 19.3. The van der Waals surface area contributed by atoms with Crippen LogP contribution in [0.3, 0.4) is 0 Å². The maximum Gasteiger partial charge on any atom is 0.285 e. The third-order valence-electron chi connectivity index (χ3n) is 5.15. The normalized spacial score (nSPS) is 14.2. The number of hydrazine groups is 1. The van der Waals surface area contributed by atoms with Crippen LogP contribution in [0, 0.1) is 5.82 Å². The van der Waals surface area contributed by atoms with Gasteiger partial charge >= 0.3 is 0 Å². The number of nitrogens with one attached hydrogen (secondary N) is 1. The first-order chi connectivity index (χ1) is 17.4. The molecule has 1 heterocycles. The second-order valence-corrected chi connectivity index (χ2v) is 9.19.